The molecule has 0 atom stereocenters. The summed E-state index contributed by atoms with van der Waals surface area (Å²) in [5.74, 6) is -0.800. The van der Waals surface area contributed by atoms with Crippen LogP contribution in [0.5, 0.6) is 0 Å². The minimum Gasteiger partial charge on any atom is -0.459 e. The quantitative estimate of drug-likeness (QED) is 0.468. The summed E-state index contributed by atoms with van der Waals surface area (Å²) in [4.78, 5) is 23.9. The van der Waals surface area contributed by atoms with Crippen LogP contribution >= 0.6 is 0 Å². The fourth-order valence-electron chi connectivity index (χ4n) is 1.86. The van der Waals surface area contributed by atoms with Crippen molar-refractivity contribution >= 4 is 11.9 Å². The van der Waals surface area contributed by atoms with E-state index in [1.54, 1.807) is 0 Å². The molecular weight excluding hydrogens is 292 g/mol. The van der Waals surface area contributed by atoms with Crippen molar-refractivity contribution in [2.24, 2.45) is 5.92 Å². The molecule has 0 bridgehead atoms. The van der Waals surface area contributed by atoms with Crippen molar-refractivity contribution in [3.63, 3.8) is 0 Å². The van der Waals surface area contributed by atoms with Crippen molar-refractivity contribution in [1.29, 1.82) is 0 Å². The Hall–Kier alpha value is -3.06. The first-order valence-corrected chi connectivity index (χ1v) is 7.08. The van der Waals surface area contributed by atoms with E-state index in [4.69, 9.17) is 15.9 Å². The first-order chi connectivity index (χ1) is 11.2. The zero-order chi connectivity index (χ0) is 16.5. The lowest BCUT2D eigenvalue weighted by Gasteiger charge is -2.11. The standard InChI is InChI=1S/C19H16O4/c1-2-17(18(20)22-13-15-9-5-3-6-10-15)19(21)23-14-16-11-7-4-8-12-16/h1,3-12,17H,13-14H2. The number of hydrogen-bond donors (Lipinski definition) is 0. The lowest BCUT2D eigenvalue weighted by atomic mass is 10.1. The molecule has 0 radical (unpaired) electrons. The number of rotatable bonds is 6. The molecule has 0 spiro atoms. The summed E-state index contributed by atoms with van der Waals surface area (Å²) in [6.45, 7) is 0.119. The number of ether oxygens (including phenoxy) is 2. The largest absolute Gasteiger partial charge is 0.459 e. The second kappa shape index (κ2) is 8.40. The summed E-state index contributed by atoms with van der Waals surface area (Å²) in [5, 5.41) is 0. The molecule has 116 valence electrons. The first kappa shape index (κ1) is 16.3. The van der Waals surface area contributed by atoms with Gasteiger partial charge in [0.1, 0.15) is 13.2 Å². The zero-order valence-corrected chi connectivity index (χ0v) is 12.5. The van der Waals surface area contributed by atoms with Gasteiger partial charge in [0, 0.05) is 0 Å². The van der Waals surface area contributed by atoms with Gasteiger partial charge in [-0.2, -0.15) is 0 Å². The third kappa shape index (κ3) is 5.01. The molecule has 0 saturated heterocycles. The number of carbonyl (C=O) groups is 2. The average molecular weight is 308 g/mol. The summed E-state index contributed by atoms with van der Waals surface area (Å²) >= 11 is 0. The lowest BCUT2D eigenvalue weighted by molar-refractivity contribution is -0.160. The van der Waals surface area contributed by atoms with Gasteiger partial charge >= 0.3 is 11.9 Å². The minimum absolute atomic E-state index is 0.0593. The average Bonchev–Trinajstić information content (AvgIpc) is 2.60. The molecule has 0 amide bonds. The van der Waals surface area contributed by atoms with Gasteiger partial charge in [-0.15, -0.1) is 6.42 Å². The van der Waals surface area contributed by atoms with Crippen molar-refractivity contribution in [1.82, 2.24) is 0 Å². The maximum atomic E-state index is 11.9. The van der Waals surface area contributed by atoms with Gasteiger partial charge in [0.15, 0.2) is 0 Å². The van der Waals surface area contributed by atoms with Gasteiger partial charge in [0.05, 0.1) is 0 Å². The van der Waals surface area contributed by atoms with Crippen LogP contribution in [0.2, 0.25) is 0 Å². The fraction of sp³-hybridized carbons (Fsp3) is 0.158. The highest BCUT2D eigenvalue weighted by Crippen LogP contribution is 2.08. The maximum absolute atomic E-state index is 11.9. The SMILES string of the molecule is C#CC(C(=O)OCc1ccccc1)C(=O)OCc1ccccc1. The van der Waals surface area contributed by atoms with Crippen LogP contribution < -0.4 is 0 Å². The molecule has 2 aromatic carbocycles. The van der Waals surface area contributed by atoms with Crippen LogP contribution in [0.1, 0.15) is 11.1 Å². The Labute approximate surface area is 135 Å². The normalized spacial score (nSPS) is 9.91. The summed E-state index contributed by atoms with van der Waals surface area (Å²) < 4.78 is 10.1. The molecule has 0 aliphatic carbocycles. The number of hydrogen-bond acceptors (Lipinski definition) is 4. The Balaban J connectivity index is 1.86. The Morgan fingerprint density at radius 3 is 1.57 bits per heavy atom. The molecular formula is C19H16O4. The van der Waals surface area contributed by atoms with Crippen LogP contribution in [-0.2, 0) is 32.3 Å². The van der Waals surface area contributed by atoms with E-state index in [-0.39, 0.29) is 13.2 Å². The predicted octanol–water partition coefficient (Wildman–Crippen LogP) is 2.72. The second-order valence-corrected chi connectivity index (χ2v) is 4.79. The van der Waals surface area contributed by atoms with Crippen LogP contribution in [0.3, 0.4) is 0 Å². The van der Waals surface area contributed by atoms with Crippen molar-refractivity contribution in [3.05, 3.63) is 71.8 Å². The molecule has 0 aliphatic heterocycles. The van der Waals surface area contributed by atoms with Gasteiger partial charge in [0.25, 0.3) is 0 Å². The molecule has 0 heterocycles. The van der Waals surface area contributed by atoms with E-state index < -0.39 is 17.9 Å². The monoisotopic (exact) mass is 308 g/mol. The molecule has 4 nitrogen and oxygen atoms in total. The molecule has 2 rings (SSSR count). The minimum atomic E-state index is -1.36. The van der Waals surface area contributed by atoms with E-state index in [0.29, 0.717) is 0 Å². The molecule has 0 saturated carbocycles. The Morgan fingerprint density at radius 2 is 1.22 bits per heavy atom. The first-order valence-electron chi connectivity index (χ1n) is 7.08. The van der Waals surface area contributed by atoms with Crippen LogP contribution in [-0.4, -0.2) is 11.9 Å². The molecule has 0 unspecified atom stereocenters. The number of terminal acetylenes is 1. The molecule has 0 aromatic heterocycles. The van der Waals surface area contributed by atoms with Crippen LogP contribution in [0, 0.1) is 18.3 Å². The van der Waals surface area contributed by atoms with Gasteiger partial charge < -0.3 is 9.47 Å². The molecule has 4 heteroatoms. The van der Waals surface area contributed by atoms with E-state index in [2.05, 4.69) is 5.92 Å². The third-order valence-electron chi connectivity index (χ3n) is 3.09. The lowest BCUT2D eigenvalue weighted by Crippen LogP contribution is -2.26. The van der Waals surface area contributed by atoms with Gasteiger partial charge in [0.2, 0.25) is 5.92 Å². The fourth-order valence-corrected chi connectivity index (χ4v) is 1.86. The maximum Gasteiger partial charge on any atom is 0.333 e. The summed E-state index contributed by atoms with van der Waals surface area (Å²) in [6.07, 6.45) is 5.26. The van der Waals surface area contributed by atoms with Crippen molar-refractivity contribution < 1.29 is 19.1 Å². The van der Waals surface area contributed by atoms with Crippen molar-refractivity contribution in [3.8, 4) is 12.3 Å². The predicted molar refractivity (Wildman–Crippen MR) is 84.8 cm³/mol. The van der Waals surface area contributed by atoms with Crippen LogP contribution in [0.4, 0.5) is 0 Å². The van der Waals surface area contributed by atoms with E-state index in [9.17, 15) is 9.59 Å². The highest BCUT2D eigenvalue weighted by Gasteiger charge is 2.27. The van der Waals surface area contributed by atoms with Crippen LogP contribution in [0.15, 0.2) is 60.7 Å². The molecule has 0 fully saturated rings. The molecule has 2 aromatic rings. The highest BCUT2D eigenvalue weighted by atomic mass is 16.6. The summed E-state index contributed by atoms with van der Waals surface area (Å²) in [5.41, 5.74) is 1.63. The Kier molecular flexibility index (Phi) is 5.96. The number of benzene rings is 2. The van der Waals surface area contributed by atoms with E-state index in [1.165, 1.54) is 0 Å². The number of esters is 2. The van der Waals surface area contributed by atoms with Crippen molar-refractivity contribution in [2.75, 3.05) is 0 Å². The molecule has 0 N–H and O–H groups in total. The zero-order valence-electron chi connectivity index (χ0n) is 12.5. The van der Waals surface area contributed by atoms with Gasteiger partial charge in [-0.1, -0.05) is 66.6 Å². The van der Waals surface area contributed by atoms with Crippen LogP contribution in [0.25, 0.3) is 0 Å². The Bertz CT molecular complexity index is 631. The topological polar surface area (TPSA) is 52.6 Å². The second-order valence-electron chi connectivity index (χ2n) is 4.79. The highest BCUT2D eigenvalue weighted by molar-refractivity contribution is 5.98. The van der Waals surface area contributed by atoms with E-state index in [0.717, 1.165) is 11.1 Å². The van der Waals surface area contributed by atoms with Crippen molar-refractivity contribution in [2.45, 2.75) is 13.2 Å². The number of carbonyl (C=O) groups excluding carboxylic acids is 2. The summed E-state index contributed by atoms with van der Waals surface area (Å²) in [6, 6.07) is 18.3. The smallest absolute Gasteiger partial charge is 0.333 e. The van der Waals surface area contributed by atoms with Gasteiger partial charge in [-0.05, 0) is 11.1 Å². The van der Waals surface area contributed by atoms with Gasteiger partial charge in [-0.3, -0.25) is 9.59 Å². The molecule has 23 heavy (non-hydrogen) atoms. The Morgan fingerprint density at radius 1 is 0.826 bits per heavy atom. The molecule has 0 aliphatic rings. The van der Waals surface area contributed by atoms with E-state index in [1.807, 2.05) is 60.7 Å². The van der Waals surface area contributed by atoms with E-state index >= 15 is 0 Å². The van der Waals surface area contributed by atoms with Gasteiger partial charge in [-0.25, -0.2) is 0 Å². The third-order valence-corrected chi connectivity index (χ3v) is 3.09. The summed E-state index contributed by atoms with van der Waals surface area (Å²) in [7, 11) is 0.